The van der Waals surface area contributed by atoms with E-state index in [1.165, 1.54) is 14.2 Å². The van der Waals surface area contributed by atoms with Gasteiger partial charge in [0.05, 0.1) is 38.4 Å². The Balaban J connectivity index is 1.52. The van der Waals surface area contributed by atoms with Gasteiger partial charge in [-0.15, -0.1) is 0 Å². The third-order valence-corrected chi connectivity index (χ3v) is 6.57. The van der Waals surface area contributed by atoms with Crippen molar-refractivity contribution in [3.63, 3.8) is 0 Å². The minimum atomic E-state index is -1.99. The fourth-order valence-electron chi connectivity index (χ4n) is 4.79. The predicted molar refractivity (Wildman–Crippen MR) is 134 cm³/mol. The van der Waals surface area contributed by atoms with Crippen molar-refractivity contribution in [2.45, 2.75) is 18.6 Å². The van der Waals surface area contributed by atoms with Crippen LogP contribution in [0.25, 0.3) is 10.8 Å². The SMILES string of the molecule is COc1ccc(OC)c(C(=O)CC2(O)C(=O)N(Cc3cccc4ccccc34)c3ccccc32)c1. The zero-order chi connectivity index (χ0) is 24.6. The number of aliphatic hydroxyl groups is 1. The minimum absolute atomic E-state index is 0.248. The van der Waals surface area contributed by atoms with Crippen LogP contribution in [0.2, 0.25) is 0 Å². The van der Waals surface area contributed by atoms with E-state index in [9.17, 15) is 14.7 Å². The highest BCUT2D eigenvalue weighted by atomic mass is 16.5. The molecule has 1 heterocycles. The second-order valence-corrected chi connectivity index (χ2v) is 8.57. The van der Waals surface area contributed by atoms with Crippen LogP contribution in [-0.4, -0.2) is 31.0 Å². The molecule has 6 nitrogen and oxygen atoms in total. The molecule has 1 N–H and O–H groups in total. The van der Waals surface area contributed by atoms with Crippen molar-refractivity contribution < 1.29 is 24.2 Å². The Bertz CT molecular complexity index is 1440. The lowest BCUT2D eigenvalue weighted by Gasteiger charge is -2.23. The van der Waals surface area contributed by atoms with Gasteiger partial charge in [-0.1, -0.05) is 60.7 Å². The number of carbonyl (C=O) groups is 2. The molecule has 0 bridgehead atoms. The molecule has 1 aliphatic heterocycles. The summed E-state index contributed by atoms with van der Waals surface area (Å²) in [5, 5.41) is 13.8. The fraction of sp³-hybridized carbons (Fsp3) is 0.172. The number of nitrogens with zero attached hydrogens (tertiary/aromatic N) is 1. The van der Waals surface area contributed by atoms with Crippen LogP contribution < -0.4 is 14.4 Å². The van der Waals surface area contributed by atoms with Gasteiger partial charge in [0.15, 0.2) is 11.4 Å². The molecule has 4 aromatic rings. The summed E-state index contributed by atoms with van der Waals surface area (Å²) in [6.07, 6.45) is -0.418. The molecule has 1 unspecified atom stereocenters. The minimum Gasteiger partial charge on any atom is -0.497 e. The largest absolute Gasteiger partial charge is 0.497 e. The Morgan fingerprint density at radius 1 is 0.914 bits per heavy atom. The summed E-state index contributed by atoms with van der Waals surface area (Å²) < 4.78 is 10.6. The van der Waals surface area contributed by atoms with E-state index in [1.807, 2.05) is 48.5 Å². The zero-order valence-electron chi connectivity index (χ0n) is 19.5. The molecule has 1 aliphatic rings. The molecule has 1 amide bonds. The molecule has 0 saturated heterocycles. The molecule has 4 aromatic carbocycles. The van der Waals surface area contributed by atoms with Crippen molar-refractivity contribution >= 4 is 28.2 Å². The first-order chi connectivity index (χ1) is 17.0. The van der Waals surface area contributed by atoms with Gasteiger partial charge in [0.25, 0.3) is 5.91 Å². The molecule has 0 aliphatic carbocycles. The van der Waals surface area contributed by atoms with Gasteiger partial charge in [-0.05, 0) is 40.6 Å². The Hall–Kier alpha value is -4.16. The quantitative estimate of drug-likeness (QED) is 0.393. The summed E-state index contributed by atoms with van der Waals surface area (Å²) in [6.45, 7) is 0.274. The highest BCUT2D eigenvalue weighted by Gasteiger charge is 2.51. The Labute approximate surface area is 203 Å². The maximum absolute atomic E-state index is 13.7. The molecule has 6 heteroatoms. The molecule has 5 rings (SSSR count). The van der Waals surface area contributed by atoms with Gasteiger partial charge >= 0.3 is 0 Å². The first-order valence-electron chi connectivity index (χ1n) is 11.3. The number of benzene rings is 4. The lowest BCUT2D eigenvalue weighted by atomic mass is 9.88. The van der Waals surface area contributed by atoms with Gasteiger partial charge in [-0.3, -0.25) is 9.59 Å². The van der Waals surface area contributed by atoms with E-state index in [0.717, 1.165) is 16.3 Å². The van der Waals surface area contributed by atoms with E-state index in [2.05, 4.69) is 0 Å². The number of rotatable bonds is 7. The second-order valence-electron chi connectivity index (χ2n) is 8.57. The molecule has 0 saturated carbocycles. The Morgan fingerprint density at radius 3 is 2.46 bits per heavy atom. The van der Waals surface area contributed by atoms with Crippen LogP contribution in [0, 0.1) is 0 Å². The van der Waals surface area contributed by atoms with Crippen LogP contribution in [0.5, 0.6) is 11.5 Å². The monoisotopic (exact) mass is 467 g/mol. The molecule has 176 valence electrons. The highest BCUT2D eigenvalue weighted by molar-refractivity contribution is 6.11. The average molecular weight is 468 g/mol. The van der Waals surface area contributed by atoms with Gasteiger partial charge < -0.3 is 19.5 Å². The lowest BCUT2D eigenvalue weighted by molar-refractivity contribution is -0.136. The number of hydrogen-bond donors (Lipinski definition) is 1. The Kier molecular flexibility index (Phi) is 5.75. The number of anilines is 1. The third kappa shape index (κ3) is 3.82. The van der Waals surface area contributed by atoms with Crippen LogP contribution in [0.3, 0.4) is 0 Å². The van der Waals surface area contributed by atoms with E-state index in [4.69, 9.17) is 9.47 Å². The number of fused-ring (bicyclic) bond motifs is 2. The number of amides is 1. The Morgan fingerprint density at radius 2 is 1.66 bits per heavy atom. The van der Waals surface area contributed by atoms with Crippen molar-refractivity contribution in [2.24, 2.45) is 0 Å². The second kappa shape index (κ2) is 8.89. The van der Waals surface area contributed by atoms with Crippen LogP contribution in [0.15, 0.2) is 84.9 Å². The van der Waals surface area contributed by atoms with E-state index >= 15 is 0 Å². The van der Waals surface area contributed by atoms with E-state index in [1.54, 1.807) is 41.3 Å². The first-order valence-corrected chi connectivity index (χ1v) is 11.3. The molecule has 1 atom stereocenters. The number of Topliss-reactive ketones (excluding diaryl/α,β-unsaturated/α-hetero) is 1. The molecule has 0 spiro atoms. The van der Waals surface area contributed by atoms with Crippen molar-refractivity contribution in [3.05, 3.63) is 102 Å². The highest BCUT2D eigenvalue weighted by Crippen LogP contribution is 2.44. The van der Waals surface area contributed by atoms with Gasteiger partial charge in [-0.2, -0.15) is 0 Å². The van der Waals surface area contributed by atoms with Gasteiger partial charge in [0.2, 0.25) is 0 Å². The summed E-state index contributed by atoms with van der Waals surface area (Å²) in [5.74, 6) is -0.108. The van der Waals surface area contributed by atoms with Crippen molar-refractivity contribution in [2.75, 3.05) is 19.1 Å². The third-order valence-electron chi connectivity index (χ3n) is 6.57. The summed E-state index contributed by atoms with van der Waals surface area (Å²) in [6, 6.07) is 25.9. The van der Waals surface area contributed by atoms with Crippen molar-refractivity contribution in [1.82, 2.24) is 0 Å². The molecule has 0 aromatic heterocycles. The lowest BCUT2D eigenvalue weighted by Crippen LogP contribution is -2.41. The molecule has 35 heavy (non-hydrogen) atoms. The summed E-state index contributed by atoms with van der Waals surface area (Å²) in [4.78, 5) is 28.7. The number of hydrogen-bond acceptors (Lipinski definition) is 5. The molecular weight excluding hydrogens is 442 g/mol. The molecular formula is C29H25NO5. The number of ether oxygens (including phenoxy) is 2. The van der Waals surface area contributed by atoms with Gasteiger partial charge in [0.1, 0.15) is 11.5 Å². The molecule has 0 radical (unpaired) electrons. The normalized spacial score (nSPS) is 16.9. The average Bonchev–Trinajstić information content (AvgIpc) is 3.10. The molecule has 0 fully saturated rings. The van der Waals surface area contributed by atoms with Gasteiger partial charge in [-0.25, -0.2) is 0 Å². The van der Waals surface area contributed by atoms with Crippen molar-refractivity contribution in [3.8, 4) is 11.5 Å². The summed E-state index contributed by atoms with van der Waals surface area (Å²) in [5.41, 5.74) is 0.222. The fourth-order valence-corrected chi connectivity index (χ4v) is 4.79. The van der Waals surface area contributed by atoms with E-state index in [0.29, 0.717) is 22.7 Å². The van der Waals surface area contributed by atoms with Crippen LogP contribution >= 0.6 is 0 Å². The zero-order valence-corrected chi connectivity index (χ0v) is 19.5. The first kappa shape index (κ1) is 22.6. The number of para-hydroxylation sites is 1. The van der Waals surface area contributed by atoms with E-state index in [-0.39, 0.29) is 12.1 Å². The maximum Gasteiger partial charge on any atom is 0.264 e. The smallest absolute Gasteiger partial charge is 0.264 e. The van der Waals surface area contributed by atoms with Crippen LogP contribution in [0.1, 0.15) is 27.9 Å². The summed E-state index contributed by atoms with van der Waals surface area (Å²) >= 11 is 0. The number of ketones is 1. The van der Waals surface area contributed by atoms with Gasteiger partial charge in [0, 0.05) is 5.56 Å². The number of methoxy groups -OCH3 is 2. The van der Waals surface area contributed by atoms with E-state index < -0.39 is 23.7 Å². The van der Waals surface area contributed by atoms with Crippen LogP contribution in [-0.2, 0) is 16.9 Å². The number of carbonyl (C=O) groups excluding carboxylic acids is 2. The van der Waals surface area contributed by atoms with Crippen LogP contribution in [0.4, 0.5) is 5.69 Å². The topological polar surface area (TPSA) is 76.1 Å². The standard InChI is InChI=1S/C29H25NO5/c1-34-21-14-15-27(35-2)23(16-21)26(31)17-29(33)24-12-5-6-13-25(24)30(28(29)32)18-20-10-7-9-19-8-3-4-11-22(19)20/h3-16,33H,17-18H2,1-2H3. The summed E-state index contributed by atoms with van der Waals surface area (Å²) in [7, 11) is 2.97. The maximum atomic E-state index is 13.7. The van der Waals surface area contributed by atoms with Crippen molar-refractivity contribution in [1.29, 1.82) is 0 Å². The predicted octanol–water partition coefficient (Wildman–Crippen LogP) is 4.86.